The van der Waals surface area contributed by atoms with Gasteiger partial charge in [0.15, 0.2) is 0 Å². The fraction of sp³-hybridized carbons (Fsp3) is 0.457. The zero-order chi connectivity index (χ0) is 29.8. The van der Waals surface area contributed by atoms with E-state index < -0.39 is 0 Å². The number of rotatable bonds is 6. The van der Waals surface area contributed by atoms with Gasteiger partial charge in [-0.2, -0.15) is 0 Å². The van der Waals surface area contributed by atoms with Gasteiger partial charge in [0.1, 0.15) is 0 Å². The lowest BCUT2D eigenvalue weighted by atomic mass is 9.99. The van der Waals surface area contributed by atoms with E-state index in [-0.39, 0.29) is 11.9 Å². The number of carbonyl (C=O) groups excluding carboxylic acids is 1. The highest BCUT2D eigenvalue weighted by atomic mass is 16.1. The van der Waals surface area contributed by atoms with Crippen molar-refractivity contribution in [3.05, 3.63) is 82.5 Å². The lowest BCUT2D eigenvalue weighted by Crippen LogP contribution is -2.29. The molecule has 0 fully saturated rings. The maximum absolute atomic E-state index is 12.3. The van der Waals surface area contributed by atoms with Crippen molar-refractivity contribution in [1.82, 2.24) is 16.0 Å². The van der Waals surface area contributed by atoms with Crippen molar-refractivity contribution in [2.45, 2.75) is 51.0 Å². The number of unbranched alkanes of at least 4 members (excludes halogenated alkanes) is 1. The van der Waals surface area contributed by atoms with Gasteiger partial charge in [-0.3, -0.25) is 24.8 Å². The largest absolute Gasteiger partial charge is 0.352 e. The van der Waals surface area contributed by atoms with E-state index in [9.17, 15) is 4.79 Å². The van der Waals surface area contributed by atoms with Gasteiger partial charge in [-0.15, -0.1) is 0 Å². The van der Waals surface area contributed by atoms with Crippen LogP contribution in [0.5, 0.6) is 0 Å². The highest BCUT2D eigenvalue weighted by Gasteiger charge is 2.10. The van der Waals surface area contributed by atoms with Crippen LogP contribution in [-0.4, -0.2) is 89.2 Å². The molecule has 0 radical (unpaired) electrons. The van der Waals surface area contributed by atoms with E-state index in [0.717, 1.165) is 101 Å². The van der Waals surface area contributed by atoms with E-state index in [0.29, 0.717) is 13.1 Å². The predicted octanol–water partition coefficient (Wildman–Crippen LogP) is 4.44. The average Bonchev–Trinajstić information content (AvgIpc) is 3.05. The zero-order valence-corrected chi connectivity index (χ0v) is 25.4. The Morgan fingerprint density at radius 2 is 1.44 bits per heavy atom. The second-order valence-electron chi connectivity index (χ2n) is 11.0. The van der Waals surface area contributed by atoms with Crippen LogP contribution in [0.2, 0.25) is 0 Å². The molecule has 7 rings (SSSR count). The molecule has 3 N–H and O–H groups in total. The third-order valence-electron chi connectivity index (χ3n) is 7.48. The molecule has 0 spiro atoms. The maximum Gasteiger partial charge on any atom is 0.250 e. The molecule has 2 aliphatic carbocycles. The van der Waals surface area contributed by atoms with E-state index in [1.807, 2.05) is 30.8 Å². The summed E-state index contributed by atoms with van der Waals surface area (Å²) >= 11 is 0. The number of amides is 1. The van der Waals surface area contributed by atoms with Crippen LogP contribution in [-0.2, 0) is 4.79 Å². The molecule has 0 aromatic heterocycles. The van der Waals surface area contributed by atoms with Crippen LogP contribution in [0, 0.1) is 0 Å². The van der Waals surface area contributed by atoms with Gasteiger partial charge in [0.25, 0.3) is 5.91 Å². The monoisotopic (exact) mass is 581 g/mol. The third kappa shape index (κ3) is 13.0. The van der Waals surface area contributed by atoms with E-state index in [4.69, 9.17) is 4.99 Å². The minimum atomic E-state index is 0.0325. The molecule has 43 heavy (non-hydrogen) atoms. The zero-order valence-electron chi connectivity index (χ0n) is 25.4. The van der Waals surface area contributed by atoms with Crippen molar-refractivity contribution in [3.8, 4) is 0 Å². The number of benzene rings is 1. The minimum Gasteiger partial charge on any atom is -0.352 e. The molecule has 0 saturated heterocycles. The summed E-state index contributed by atoms with van der Waals surface area (Å²) in [6.45, 7) is 6.19. The number of aliphatic imine (C=N–C) groups is 4. The Morgan fingerprint density at radius 1 is 0.791 bits per heavy atom. The van der Waals surface area contributed by atoms with Crippen LogP contribution in [0.3, 0.4) is 0 Å². The topological polar surface area (TPSA) is 103 Å². The molecule has 0 saturated carbocycles. The second kappa shape index (κ2) is 19.4. The van der Waals surface area contributed by atoms with Crippen molar-refractivity contribution < 1.29 is 4.79 Å². The number of hydrogen-bond donors (Lipinski definition) is 3. The van der Waals surface area contributed by atoms with Gasteiger partial charge < -0.3 is 16.0 Å². The van der Waals surface area contributed by atoms with Gasteiger partial charge in [0, 0.05) is 63.2 Å². The van der Waals surface area contributed by atoms with Gasteiger partial charge >= 0.3 is 0 Å². The molecule has 1 unspecified atom stereocenters. The van der Waals surface area contributed by atoms with Crippen molar-refractivity contribution >= 4 is 30.8 Å². The number of hydrogen-bond acceptors (Lipinski definition) is 7. The number of carbonyl (C=O) groups is 1. The first-order chi connectivity index (χ1) is 21.3. The predicted molar refractivity (Wildman–Crippen MR) is 181 cm³/mol. The van der Waals surface area contributed by atoms with E-state index in [1.165, 1.54) is 11.1 Å². The molecule has 6 aliphatic rings. The van der Waals surface area contributed by atoms with Gasteiger partial charge in [0.2, 0.25) is 0 Å². The minimum absolute atomic E-state index is 0.0325. The van der Waals surface area contributed by atoms with Crippen LogP contribution >= 0.6 is 0 Å². The number of nitrogens with one attached hydrogen (secondary N) is 3. The quantitative estimate of drug-likeness (QED) is 0.433. The first kappa shape index (κ1) is 32.2. The summed E-state index contributed by atoms with van der Waals surface area (Å²) in [5, 5.41) is 10.0. The van der Waals surface area contributed by atoms with Crippen molar-refractivity contribution in [2.24, 2.45) is 20.0 Å². The van der Waals surface area contributed by atoms with E-state index >= 15 is 0 Å². The summed E-state index contributed by atoms with van der Waals surface area (Å²) in [5.74, 6) is 0.0325. The van der Waals surface area contributed by atoms with Crippen molar-refractivity contribution in [3.63, 3.8) is 0 Å². The molecule has 1 aromatic carbocycles. The molecule has 4 bridgehead atoms. The highest BCUT2D eigenvalue weighted by Crippen LogP contribution is 2.16. The molecular weight excluding hydrogens is 534 g/mol. The lowest BCUT2D eigenvalue weighted by Gasteiger charge is -2.15. The summed E-state index contributed by atoms with van der Waals surface area (Å²) in [4.78, 5) is 31.0. The first-order valence-electron chi connectivity index (χ1n) is 15.8. The first-order valence-corrected chi connectivity index (χ1v) is 15.8. The summed E-state index contributed by atoms with van der Waals surface area (Å²) < 4.78 is 0. The van der Waals surface area contributed by atoms with Crippen molar-refractivity contribution in [1.29, 1.82) is 0 Å². The summed E-state index contributed by atoms with van der Waals surface area (Å²) in [6.07, 6.45) is 25.1. The lowest BCUT2D eigenvalue weighted by molar-refractivity contribution is -0.117. The fourth-order valence-corrected chi connectivity index (χ4v) is 4.92. The van der Waals surface area contributed by atoms with Gasteiger partial charge in [-0.1, -0.05) is 54.6 Å². The van der Waals surface area contributed by atoms with E-state index in [1.54, 1.807) is 0 Å². The molecule has 228 valence electrons. The van der Waals surface area contributed by atoms with Crippen LogP contribution in [0.4, 0.5) is 0 Å². The fourth-order valence-electron chi connectivity index (χ4n) is 4.92. The Morgan fingerprint density at radius 3 is 2.09 bits per heavy atom. The third-order valence-corrected chi connectivity index (χ3v) is 7.48. The Balaban J connectivity index is 1.30. The van der Waals surface area contributed by atoms with Crippen LogP contribution in [0.1, 0.15) is 56.1 Å². The van der Waals surface area contributed by atoms with Crippen LogP contribution in [0.25, 0.3) is 0 Å². The van der Waals surface area contributed by atoms with Crippen LogP contribution in [0.15, 0.2) is 91.3 Å². The molecule has 1 amide bonds. The molecule has 4 aliphatic heterocycles. The molecule has 4 heterocycles. The Labute approximate surface area is 257 Å². The van der Waals surface area contributed by atoms with Gasteiger partial charge in [-0.05, 0) is 67.2 Å². The SMILES string of the molecule is O=C(NCCCCC1CNCC/N=C/c2ccc(cc2)/C=N/CCNCC/N=C/C2=CC=C(/C=N/1)CC2)C1=CCCC=C1. The maximum atomic E-state index is 12.3. The molecule has 8 heteroatoms. The smallest absolute Gasteiger partial charge is 0.250 e. The summed E-state index contributed by atoms with van der Waals surface area (Å²) in [6, 6.07) is 8.48. The number of allylic oxidation sites excluding steroid dienone is 6. The normalized spacial score (nSPS) is 23.4. The van der Waals surface area contributed by atoms with Gasteiger partial charge in [0.05, 0.1) is 25.7 Å². The Hall–Kier alpha value is -3.75. The average molecular weight is 582 g/mol. The Bertz CT molecular complexity index is 1250. The second-order valence-corrected chi connectivity index (χ2v) is 11.0. The van der Waals surface area contributed by atoms with E-state index in [2.05, 4.69) is 79.6 Å². The Kier molecular flexibility index (Phi) is 14.5. The number of nitrogens with zero attached hydrogens (tertiary/aromatic N) is 4. The molecule has 8 nitrogen and oxygen atoms in total. The summed E-state index contributed by atoms with van der Waals surface area (Å²) in [5.41, 5.74) is 5.48. The van der Waals surface area contributed by atoms with Crippen LogP contribution < -0.4 is 16.0 Å². The highest BCUT2D eigenvalue weighted by molar-refractivity contribution is 5.96. The molecule has 1 atom stereocenters. The van der Waals surface area contributed by atoms with Crippen molar-refractivity contribution in [2.75, 3.05) is 52.4 Å². The molecular formula is C35H47N7O. The molecule has 1 aromatic rings. The van der Waals surface area contributed by atoms with Gasteiger partial charge in [-0.25, -0.2) is 0 Å². The summed E-state index contributed by atoms with van der Waals surface area (Å²) in [7, 11) is 0. The standard InChI is InChI=1S/C35H47N7O/c43-35(33-6-2-1-3-7-33)41-17-5-4-8-34-28-40-23-22-39-26-30-11-9-29(10-12-30)24-37-20-18-36-19-21-38-25-31-13-15-32(16-14-31)27-42-34/h2,6-7,9-13,15,24-27,34,36,40H,1,3-5,8,14,16-23,28H2,(H,41,43)/b37-24+,38-25+,39-26+,42-27+.